The number of thiazole rings is 1. The van der Waals surface area contributed by atoms with Crippen LogP contribution in [0.2, 0.25) is 0 Å². The molecule has 0 bridgehead atoms. The summed E-state index contributed by atoms with van der Waals surface area (Å²) in [4.78, 5) is 24.2. The van der Waals surface area contributed by atoms with Gasteiger partial charge in [-0.15, -0.1) is 16.4 Å². The Kier molecular flexibility index (Phi) is 6.13. The average Bonchev–Trinajstić information content (AvgIpc) is 3.39. The number of nitrogens with two attached hydrogens (primary N) is 1. The molecule has 3 heterocycles. The van der Waals surface area contributed by atoms with Gasteiger partial charge in [0.05, 0.1) is 46.1 Å². The first-order valence-electron chi connectivity index (χ1n) is 9.53. The van der Waals surface area contributed by atoms with Crippen LogP contribution in [0.25, 0.3) is 10.2 Å². The standard InChI is InChI=1S/C19H21N7O4S/c1-10-22-13-3-2-11(4-17(13)31-10)23-19(21-9-20)15-5-14(18(29)16(8-28)30-15)26-6-12(7-27)24-25-26/h2-4,6-7,9,14-16,18,28-29H,5,8H2,1H3,(H2,20,21,23). The smallest absolute Gasteiger partial charge is 0.171 e. The molecular weight excluding hydrogens is 422 g/mol. The zero-order chi connectivity index (χ0) is 22.0. The molecule has 1 aliphatic heterocycles. The van der Waals surface area contributed by atoms with Crippen molar-refractivity contribution in [1.29, 1.82) is 0 Å². The van der Waals surface area contributed by atoms with Crippen molar-refractivity contribution in [1.82, 2.24) is 20.0 Å². The molecule has 4 N–H and O–H groups in total. The summed E-state index contributed by atoms with van der Waals surface area (Å²) in [7, 11) is 0. The molecule has 1 saturated heterocycles. The Morgan fingerprint density at radius 1 is 1.48 bits per heavy atom. The number of fused-ring (bicyclic) bond motifs is 1. The summed E-state index contributed by atoms with van der Waals surface area (Å²) < 4.78 is 8.25. The first-order valence-corrected chi connectivity index (χ1v) is 10.4. The van der Waals surface area contributed by atoms with Crippen LogP contribution in [0.4, 0.5) is 5.69 Å². The topological polar surface area (TPSA) is 161 Å². The van der Waals surface area contributed by atoms with Crippen molar-refractivity contribution in [3.05, 3.63) is 35.1 Å². The van der Waals surface area contributed by atoms with E-state index in [1.165, 1.54) is 10.9 Å². The van der Waals surface area contributed by atoms with Crippen molar-refractivity contribution in [2.45, 2.75) is 37.7 Å². The Morgan fingerprint density at radius 3 is 3.03 bits per heavy atom. The summed E-state index contributed by atoms with van der Waals surface area (Å²) in [5.41, 5.74) is 7.22. The second-order valence-corrected chi connectivity index (χ2v) is 8.25. The predicted octanol–water partition coefficient (Wildman–Crippen LogP) is 0.778. The molecule has 1 fully saturated rings. The molecule has 162 valence electrons. The number of amidine groups is 1. The number of nitrogens with zero attached hydrogens (tertiary/aromatic N) is 6. The third-order valence-corrected chi connectivity index (χ3v) is 5.89. The van der Waals surface area contributed by atoms with E-state index in [1.807, 2.05) is 25.1 Å². The molecule has 1 aromatic carbocycles. The number of aliphatic hydroxyl groups is 2. The lowest BCUT2D eigenvalue weighted by Gasteiger charge is -2.38. The van der Waals surface area contributed by atoms with E-state index >= 15 is 0 Å². The predicted molar refractivity (Wildman–Crippen MR) is 115 cm³/mol. The molecule has 11 nitrogen and oxygen atoms in total. The van der Waals surface area contributed by atoms with E-state index in [1.54, 1.807) is 11.3 Å². The second kappa shape index (κ2) is 8.98. The summed E-state index contributed by atoms with van der Waals surface area (Å²) in [6, 6.07) is 4.99. The summed E-state index contributed by atoms with van der Waals surface area (Å²) in [5, 5.41) is 29.0. The van der Waals surface area contributed by atoms with Gasteiger partial charge < -0.3 is 20.7 Å². The monoisotopic (exact) mass is 443 g/mol. The molecule has 1 aliphatic rings. The van der Waals surface area contributed by atoms with Gasteiger partial charge in [-0.1, -0.05) is 5.21 Å². The molecule has 12 heteroatoms. The number of carbonyl (C=O) groups excluding carboxylic acids is 1. The fourth-order valence-electron chi connectivity index (χ4n) is 3.53. The van der Waals surface area contributed by atoms with Crippen LogP contribution in [0.5, 0.6) is 0 Å². The Bertz CT molecular complexity index is 1140. The number of ether oxygens (including phenoxy) is 1. The van der Waals surface area contributed by atoms with Gasteiger partial charge in [-0.25, -0.2) is 19.7 Å². The number of carbonyl (C=O) groups is 1. The lowest BCUT2D eigenvalue weighted by atomic mass is 9.95. The highest BCUT2D eigenvalue weighted by molar-refractivity contribution is 7.18. The van der Waals surface area contributed by atoms with Crippen LogP contribution in [0, 0.1) is 6.92 Å². The lowest BCUT2D eigenvalue weighted by molar-refractivity contribution is -0.137. The van der Waals surface area contributed by atoms with Gasteiger partial charge in [0.1, 0.15) is 24.0 Å². The summed E-state index contributed by atoms with van der Waals surface area (Å²) in [5.74, 6) is 0.286. The van der Waals surface area contributed by atoms with E-state index in [0.717, 1.165) is 21.6 Å². The molecule has 0 amide bonds. The molecule has 0 saturated carbocycles. The van der Waals surface area contributed by atoms with Crippen molar-refractivity contribution in [3.8, 4) is 0 Å². The number of benzene rings is 1. The molecule has 4 unspecified atom stereocenters. The minimum Gasteiger partial charge on any atom is -0.394 e. The first-order chi connectivity index (χ1) is 15.0. The van der Waals surface area contributed by atoms with Gasteiger partial charge in [-0.3, -0.25) is 4.79 Å². The molecule has 4 rings (SSSR count). The lowest BCUT2D eigenvalue weighted by Crippen LogP contribution is -2.49. The number of aliphatic hydroxyl groups excluding tert-OH is 2. The maximum absolute atomic E-state index is 11.0. The van der Waals surface area contributed by atoms with Crippen molar-refractivity contribution in [3.63, 3.8) is 0 Å². The molecular formula is C19H21N7O4S. The molecule has 31 heavy (non-hydrogen) atoms. The fraction of sp³-hybridized carbons (Fsp3) is 0.368. The molecule has 0 aliphatic carbocycles. The minimum atomic E-state index is -1.07. The van der Waals surface area contributed by atoms with E-state index < -0.39 is 31.0 Å². The van der Waals surface area contributed by atoms with Crippen LogP contribution in [0.15, 0.2) is 34.4 Å². The number of aliphatic imine (C=N–C) groups is 2. The van der Waals surface area contributed by atoms with Gasteiger partial charge in [0.15, 0.2) is 12.1 Å². The Hall–Kier alpha value is -3.06. The number of hydrogen-bond donors (Lipinski definition) is 3. The molecule has 3 aromatic rings. The Balaban J connectivity index is 1.68. The van der Waals surface area contributed by atoms with Gasteiger partial charge in [0.2, 0.25) is 0 Å². The van der Waals surface area contributed by atoms with Gasteiger partial charge in [-0.2, -0.15) is 0 Å². The maximum Gasteiger partial charge on any atom is 0.171 e. The minimum absolute atomic E-state index is 0.137. The van der Waals surface area contributed by atoms with Crippen molar-refractivity contribution in [2.75, 3.05) is 6.61 Å². The van der Waals surface area contributed by atoms with Gasteiger partial charge in [0.25, 0.3) is 0 Å². The SMILES string of the molecule is Cc1nc2ccc(N=C(N=CN)C3CC(n4cc(C=O)nn4)C(O)C(CO)O3)cc2s1. The molecule has 0 spiro atoms. The third kappa shape index (κ3) is 4.37. The largest absolute Gasteiger partial charge is 0.394 e. The zero-order valence-electron chi connectivity index (χ0n) is 16.6. The number of rotatable bonds is 5. The van der Waals surface area contributed by atoms with Crippen LogP contribution in [0.1, 0.15) is 28.0 Å². The van der Waals surface area contributed by atoms with E-state index in [2.05, 4.69) is 25.3 Å². The number of aldehydes is 1. The second-order valence-electron chi connectivity index (χ2n) is 7.01. The van der Waals surface area contributed by atoms with E-state index in [9.17, 15) is 15.0 Å². The quantitative estimate of drug-likeness (QED) is 0.296. The first kappa shape index (κ1) is 21.2. The van der Waals surface area contributed by atoms with Crippen molar-refractivity contribution >= 4 is 45.7 Å². The highest BCUT2D eigenvalue weighted by Gasteiger charge is 2.41. The molecule has 0 radical (unpaired) electrons. The maximum atomic E-state index is 11.0. The fourth-order valence-corrected chi connectivity index (χ4v) is 4.39. The number of hydrogen-bond acceptors (Lipinski definition) is 9. The third-order valence-electron chi connectivity index (χ3n) is 4.96. The van der Waals surface area contributed by atoms with Crippen LogP contribution in [-0.2, 0) is 4.74 Å². The van der Waals surface area contributed by atoms with E-state index in [0.29, 0.717) is 12.0 Å². The van der Waals surface area contributed by atoms with Crippen LogP contribution >= 0.6 is 11.3 Å². The molecule has 2 aromatic heterocycles. The molecule has 4 atom stereocenters. The van der Waals surface area contributed by atoms with Gasteiger partial charge >= 0.3 is 0 Å². The summed E-state index contributed by atoms with van der Waals surface area (Å²) in [6.45, 7) is 1.52. The number of aromatic nitrogens is 4. The summed E-state index contributed by atoms with van der Waals surface area (Å²) in [6.07, 6.45) is 0.690. The average molecular weight is 443 g/mol. The van der Waals surface area contributed by atoms with Crippen molar-refractivity contribution in [2.24, 2.45) is 15.7 Å². The normalized spacial score (nSPS) is 24.8. The van der Waals surface area contributed by atoms with Gasteiger partial charge in [-0.05, 0) is 25.1 Å². The summed E-state index contributed by atoms with van der Waals surface area (Å²) >= 11 is 1.56. The van der Waals surface area contributed by atoms with Gasteiger partial charge in [0, 0.05) is 6.42 Å². The van der Waals surface area contributed by atoms with Crippen molar-refractivity contribution < 1.29 is 19.7 Å². The highest BCUT2D eigenvalue weighted by Crippen LogP contribution is 2.32. The van der Waals surface area contributed by atoms with E-state index in [-0.39, 0.29) is 18.0 Å². The Labute approximate surface area is 180 Å². The Morgan fingerprint density at radius 2 is 2.32 bits per heavy atom. The van der Waals surface area contributed by atoms with Crippen LogP contribution in [-0.4, -0.2) is 73.6 Å². The van der Waals surface area contributed by atoms with E-state index in [4.69, 9.17) is 10.5 Å². The van der Waals surface area contributed by atoms with Crippen LogP contribution < -0.4 is 5.73 Å². The van der Waals surface area contributed by atoms with Crippen LogP contribution in [0.3, 0.4) is 0 Å². The zero-order valence-corrected chi connectivity index (χ0v) is 17.4. The number of aryl methyl sites for hydroxylation is 1. The highest BCUT2D eigenvalue weighted by atomic mass is 32.1.